The number of rotatable bonds is 6. The zero-order valence-electron chi connectivity index (χ0n) is 14.1. The zero-order chi connectivity index (χ0) is 15.1. The Morgan fingerprint density at radius 2 is 1.81 bits per heavy atom. The van der Waals surface area contributed by atoms with Gasteiger partial charge in [-0.2, -0.15) is 0 Å². The van der Waals surface area contributed by atoms with Gasteiger partial charge >= 0.3 is 0 Å². The van der Waals surface area contributed by atoms with E-state index in [1.165, 1.54) is 50.5 Å². The number of nitrogens with one attached hydrogen (secondary N) is 1. The van der Waals surface area contributed by atoms with E-state index in [0.717, 1.165) is 11.8 Å². The van der Waals surface area contributed by atoms with Crippen LogP contribution in [0.15, 0.2) is 30.3 Å². The van der Waals surface area contributed by atoms with Crippen molar-refractivity contribution in [2.45, 2.75) is 77.8 Å². The first-order chi connectivity index (χ1) is 10.2. The molecule has 0 bridgehead atoms. The summed E-state index contributed by atoms with van der Waals surface area (Å²) >= 11 is 0. The molecule has 1 nitrogen and oxygen atoms in total. The van der Waals surface area contributed by atoms with Crippen molar-refractivity contribution in [2.24, 2.45) is 11.8 Å². The summed E-state index contributed by atoms with van der Waals surface area (Å²) in [5.41, 5.74) is 1.46. The van der Waals surface area contributed by atoms with Crippen molar-refractivity contribution in [3.05, 3.63) is 35.9 Å². The molecule has 1 fully saturated rings. The molecule has 1 aliphatic rings. The number of hydrogen-bond acceptors (Lipinski definition) is 1. The van der Waals surface area contributed by atoms with Crippen molar-refractivity contribution < 1.29 is 0 Å². The van der Waals surface area contributed by atoms with Gasteiger partial charge in [-0.1, -0.05) is 70.4 Å². The van der Waals surface area contributed by atoms with Gasteiger partial charge in [0, 0.05) is 12.1 Å². The lowest BCUT2D eigenvalue weighted by molar-refractivity contribution is 0.332. The molecule has 1 N–H and O–H groups in total. The van der Waals surface area contributed by atoms with Crippen molar-refractivity contribution >= 4 is 0 Å². The van der Waals surface area contributed by atoms with Gasteiger partial charge in [0.05, 0.1) is 0 Å². The maximum Gasteiger partial charge on any atom is 0.0322 e. The van der Waals surface area contributed by atoms with Crippen LogP contribution in [0.1, 0.15) is 77.3 Å². The highest BCUT2D eigenvalue weighted by Crippen LogP contribution is 2.30. The van der Waals surface area contributed by atoms with Crippen LogP contribution in [0.2, 0.25) is 0 Å². The molecule has 3 unspecified atom stereocenters. The second-order valence-corrected chi connectivity index (χ2v) is 7.13. The summed E-state index contributed by atoms with van der Waals surface area (Å²) in [5, 5.41) is 3.97. The fourth-order valence-corrected chi connectivity index (χ4v) is 3.77. The SMILES string of the molecule is CCCC(NC1CCCC(C(C)C)CC1)c1ccccc1. The van der Waals surface area contributed by atoms with Crippen LogP contribution in [0.25, 0.3) is 0 Å². The third kappa shape index (κ3) is 5.14. The van der Waals surface area contributed by atoms with Crippen LogP contribution in [0.5, 0.6) is 0 Å². The van der Waals surface area contributed by atoms with Crippen LogP contribution >= 0.6 is 0 Å². The molecule has 0 aromatic heterocycles. The predicted octanol–water partition coefficient (Wildman–Crippen LogP) is 5.72. The standard InChI is InChI=1S/C20H33N/c1-4-9-20(18-10-6-5-7-11-18)21-19-13-8-12-17(14-15-19)16(2)3/h5-7,10-11,16-17,19-21H,4,8-9,12-15H2,1-3H3. The minimum atomic E-state index is 0.539. The smallest absolute Gasteiger partial charge is 0.0322 e. The number of hydrogen-bond donors (Lipinski definition) is 1. The predicted molar refractivity (Wildman–Crippen MR) is 92.4 cm³/mol. The summed E-state index contributed by atoms with van der Waals surface area (Å²) in [6.07, 6.45) is 9.44. The Kier molecular flexibility index (Phi) is 6.76. The van der Waals surface area contributed by atoms with E-state index in [0.29, 0.717) is 12.1 Å². The summed E-state index contributed by atoms with van der Waals surface area (Å²) in [6, 6.07) is 12.3. The van der Waals surface area contributed by atoms with Gasteiger partial charge in [0.25, 0.3) is 0 Å². The maximum absolute atomic E-state index is 3.97. The minimum absolute atomic E-state index is 0.539. The second-order valence-electron chi connectivity index (χ2n) is 7.13. The summed E-state index contributed by atoms with van der Waals surface area (Å²) in [4.78, 5) is 0. The lowest BCUT2D eigenvalue weighted by atomic mass is 9.89. The molecular weight excluding hydrogens is 254 g/mol. The average molecular weight is 287 g/mol. The Balaban J connectivity index is 1.94. The van der Waals surface area contributed by atoms with Crippen LogP contribution in [0, 0.1) is 11.8 Å². The Hall–Kier alpha value is -0.820. The molecule has 21 heavy (non-hydrogen) atoms. The summed E-state index contributed by atoms with van der Waals surface area (Å²) in [7, 11) is 0. The molecule has 0 heterocycles. The fourth-order valence-electron chi connectivity index (χ4n) is 3.77. The van der Waals surface area contributed by atoms with Crippen LogP contribution in [-0.4, -0.2) is 6.04 Å². The summed E-state index contributed by atoms with van der Waals surface area (Å²) in [5.74, 6) is 1.79. The molecule has 118 valence electrons. The molecule has 1 aliphatic carbocycles. The lowest BCUT2D eigenvalue weighted by Crippen LogP contribution is -2.32. The molecule has 0 aliphatic heterocycles. The first kappa shape index (κ1) is 16.5. The van der Waals surface area contributed by atoms with E-state index in [4.69, 9.17) is 0 Å². The van der Waals surface area contributed by atoms with Gasteiger partial charge in [-0.25, -0.2) is 0 Å². The lowest BCUT2D eigenvalue weighted by Gasteiger charge is -2.25. The topological polar surface area (TPSA) is 12.0 Å². The first-order valence-electron chi connectivity index (χ1n) is 9.01. The second kappa shape index (κ2) is 8.58. The molecule has 0 saturated heterocycles. The van der Waals surface area contributed by atoms with Gasteiger partial charge in [0.1, 0.15) is 0 Å². The van der Waals surface area contributed by atoms with E-state index in [9.17, 15) is 0 Å². The molecule has 1 heteroatoms. The molecule has 1 saturated carbocycles. The van der Waals surface area contributed by atoms with E-state index in [1.54, 1.807) is 0 Å². The average Bonchev–Trinajstić information content (AvgIpc) is 2.73. The third-order valence-corrected chi connectivity index (χ3v) is 5.17. The largest absolute Gasteiger partial charge is 0.307 e. The maximum atomic E-state index is 3.97. The van der Waals surface area contributed by atoms with E-state index < -0.39 is 0 Å². The van der Waals surface area contributed by atoms with Crippen molar-refractivity contribution in [1.29, 1.82) is 0 Å². The Morgan fingerprint density at radius 1 is 1.05 bits per heavy atom. The summed E-state index contributed by atoms with van der Waals surface area (Å²) in [6.45, 7) is 7.07. The number of benzene rings is 1. The molecule has 0 radical (unpaired) electrons. The highest BCUT2D eigenvalue weighted by atomic mass is 14.9. The summed E-state index contributed by atoms with van der Waals surface area (Å²) < 4.78 is 0. The third-order valence-electron chi connectivity index (χ3n) is 5.17. The van der Waals surface area contributed by atoms with Gasteiger partial charge in [0.2, 0.25) is 0 Å². The van der Waals surface area contributed by atoms with Crippen LogP contribution in [0.3, 0.4) is 0 Å². The molecule has 0 amide bonds. The molecule has 2 rings (SSSR count). The normalized spacial score (nSPS) is 24.8. The Labute approximate surface area is 131 Å². The van der Waals surface area contributed by atoms with Gasteiger partial charge < -0.3 is 5.32 Å². The molecule has 1 aromatic carbocycles. The highest BCUT2D eigenvalue weighted by Gasteiger charge is 2.23. The van der Waals surface area contributed by atoms with Crippen molar-refractivity contribution in [1.82, 2.24) is 5.32 Å². The van der Waals surface area contributed by atoms with Crippen molar-refractivity contribution in [3.63, 3.8) is 0 Å². The van der Waals surface area contributed by atoms with E-state index in [-0.39, 0.29) is 0 Å². The Morgan fingerprint density at radius 3 is 2.48 bits per heavy atom. The molecular formula is C20H33N. The monoisotopic (exact) mass is 287 g/mol. The van der Waals surface area contributed by atoms with Gasteiger partial charge in [-0.05, 0) is 43.1 Å². The fraction of sp³-hybridized carbons (Fsp3) is 0.700. The van der Waals surface area contributed by atoms with Gasteiger partial charge in [-0.15, -0.1) is 0 Å². The molecule has 1 aromatic rings. The van der Waals surface area contributed by atoms with Crippen molar-refractivity contribution in [3.8, 4) is 0 Å². The van der Waals surface area contributed by atoms with E-state index >= 15 is 0 Å². The molecule has 3 atom stereocenters. The molecule has 0 spiro atoms. The zero-order valence-corrected chi connectivity index (χ0v) is 14.1. The Bertz CT molecular complexity index is 384. The quantitative estimate of drug-likeness (QED) is 0.660. The van der Waals surface area contributed by atoms with E-state index in [2.05, 4.69) is 56.4 Å². The first-order valence-corrected chi connectivity index (χ1v) is 9.01. The van der Waals surface area contributed by atoms with Crippen molar-refractivity contribution in [2.75, 3.05) is 0 Å². The highest BCUT2D eigenvalue weighted by molar-refractivity contribution is 5.19. The van der Waals surface area contributed by atoms with E-state index in [1.807, 2.05) is 0 Å². The van der Waals surface area contributed by atoms with Crippen LogP contribution in [0.4, 0.5) is 0 Å². The van der Waals surface area contributed by atoms with Gasteiger partial charge in [0.15, 0.2) is 0 Å². The van der Waals surface area contributed by atoms with Crippen LogP contribution < -0.4 is 5.32 Å². The van der Waals surface area contributed by atoms with Gasteiger partial charge in [-0.3, -0.25) is 0 Å². The van der Waals surface area contributed by atoms with Crippen LogP contribution in [-0.2, 0) is 0 Å². The minimum Gasteiger partial charge on any atom is -0.307 e.